The summed E-state index contributed by atoms with van der Waals surface area (Å²) in [6.45, 7) is 2.72. The maximum atomic E-state index is 12.7. The summed E-state index contributed by atoms with van der Waals surface area (Å²) in [5.74, 6) is -1.05. The van der Waals surface area contributed by atoms with Gasteiger partial charge in [0.2, 0.25) is 11.8 Å². The van der Waals surface area contributed by atoms with Crippen LogP contribution in [0.4, 0.5) is 5.82 Å². The first kappa shape index (κ1) is 56.4. The number of carbonyl (C=O) groups is 3. The smallest absolute Gasteiger partial charge is 0.386 e. The number of hydrogen-bond donors (Lipinski definition) is 9. The van der Waals surface area contributed by atoms with E-state index in [1.807, 2.05) is 0 Å². The van der Waals surface area contributed by atoms with Gasteiger partial charge in [-0.25, -0.2) is 28.6 Å². The van der Waals surface area contributed by atoms with Crippen molar-refractivity contribution in [3.05, 3.63) is 37.0 Å². The SMILES string of the molecule is CCCCC=CC=CCCCCCCCC(=O)SCCNC(=O)CCNC(=O)C(O)C(C)(C)COP(=O)(O)OP(=O)(O)OC[C@H]1O[C@@H](n2cnc3c(N)ncnc32)[C@H](O)[C@@H]1OP(=O)(O)O. The first-order valence-corrected chi connectivity index (χ1v) is 26.4. The van der Waals surface area contributed by atoms with Gasteiger partial charge >= 0.3 is 23.5 Å². The summed E-state index contributed by atoms with van der Waals surface area (Å²) in [5.41, 5.74) is 4.28. The number of anilines is 1. The summed E-state index contributed by atoms with van der Waals surface area (Å²) in [6.07, 6.45) is 11.8. The fourth-order valence-corrected chi connectivity index (χ4v) is 9.65. The number of carbonyl (C=O) groups excluding carboxylic acids is 3. The van der Waals surface area contributed by atoms with Gasteiger partial charge in [0.25, 0.3) is 0 Å². The number of fused-ring (bicyclic) bond motifs is 1. The second-order valence-corrected chi connectivity index (χ2v) is 21.0. The highest BCUT2D eigenvalue weighted by atomic mass is 32.2. The highest BCUT2D eigenvalue weighted by Gasteiger charge is 2.50. The Kier molecular flexibility index (Phi) is 23.5. The van der Waals surface area contributed by atoms with Crippen molar-refractivity contribution >= 4 is 69.1 Å². The number of hydrogen-bond acceptors (Lipinski definition) is 18. The van der Waals surface area contributed by atoms with Crippen molar-refractivity contribution in [2.24, 2.45) is 5.41 Å². The number of ether oxygens (including phenoxy) is 1. The molecule has 24 nitrogen and oxygen atoms in total. The van der Waals surface area contributed by atoms with Gasteiger partial charge in [-0.3, -0.25) is 32.5 Å². The Morgan fingerprint density at radius 1 is 0.938 bits per heavy atom. The minimum absolute atomic E-state index is 0.0320. The lowest BCUT2D eigenvalue weighted by Crippen LogP contribution is -2.46. The molecule has 0 saturated carbocycles. The van der Waals surface area contributed by atoms with Crippen molar-refractivity contribution in [1.82, 2.24) is 30.2 Å². The molecule has 1 aliphatic heterocycles. The first-order chi connectivity index (χ1) is 30.6. The van der Waals surface area contributed by atoms with Crippen LogP contribution in [0.3, 0.4) is 0 Å². The molecule has 0 bridgehead atoms. The second kappa shape index (κ2) is 27.1. The van der Waals surface area contributed by atoms with Gasteiger partial charge in [0, 0.05) is 37.1 Å². The van der Waals surface area contributed by atoms with Gasteiger partial charge in [-0.05, 0) is 25.7 Å². The number of phosphoric acid groups is 3. The number of thioether (sulfide) groups is 1. The first-order valence-electron chi connectivity index (χ1n) is 20.9. The van der Waals surface area contributed by atoms with E-state index in [4.69, 9.17) is 19.5 Å². The number of aromatic nitrogens is 4. The summed E-state index contributed by atoms with van der Waals surface area (Å²) in [5, 5.41) is 26.6. The average Bonchev–Trinajstić information content (AvgIpc) is 3.79. The molecule has 1 aliphatic rings. The fourth-order valence-electron chi connectivity index (χ4n) is 6.10. The van der Waals surface area contributed by atoms with Crippen LogP contribution >= 0.6 is 35.2 Å². The Morgan fingerprint density at radius 2 is 1.60 bits per heavy atom. The van der Waals surface area contributed by atoms with Gasteiger partial charge in [-0.1, -0.05) is 88.9 Å². The molecule has 0 aliphatic carbocycles. The third kappa shape index (κ3) is 20.4. The van der Waals surface area contributed by atoms with Crippen molar-refractivity contribution < 1.29 is 80.5 Å². The average molecular weight is 1000 g/mol. The monoisotopic (exact) mass is 1000 g/mol. The molecule has 65 heavy (non-hydrogen) atoms. The molecule has 7 atom stereocenters. The van der Waals surface area contributed by atoms with E-state index < -0.39 is 84.6 Å². The van der Waals surface area contributed by atoms with Crippen LogP contribution in [0.25, 0.3) is 11.2 Å². The Hall–Kier alpha value is -2.96. The van der Waals surface area contributed by atoms with E-state index in [0.29, 0.717) is 12.2 Å². The van der Waals surface area contributed by atoms with E-state index in [2.05, 4.69) is 65.6 Å². The lowest BCUT2D eigenvalue weighted by Gasteiger charge is -2.30. The normalized spacial score (nSPS) is 20.6. The highest BCUT2D eigenvalue weighted by molar-refractivity contribution is 8.13. The van der Waals surface area contributed by atoms with Gasteiger partial charge in [-0.15, -0.1) is 0 Å². The summed E-state index contributed by atoms with van der Waals surface area (Å²) in [4.78, 5) is 88.2. The van der Waals surface area contributed by atoms with E-state index in [9.17, 15) is 57.9 Å². The summed E-state index contributed by atoms with van der Waals surface area (Å²) < 4.78 is 62.4. The van der Waals surface area contributed by atoms with E-state index in [1.165, 1.54) is 26.7 Å². The van der Waals surface area contributed by atoms with E-state index >= 15 is 0 Å². The lowest BCUT2D eigenvalue weighted by atomic mass is 9.87. The zero-order valence-electron chi connectivity index (χ0n) is 36.5. The third-order valence-electron chi connectivity index (χ3n) is 9.62. The molecular formula is C37H62N7O17P3S. The van der Waals surface area contributed by atoms with E-state index in [1.54, 1.807) is 0 Å². The highest BCUT2D eigenvalue weighted by Crippen LogP contribution is 2.61. The maximum absolute atomic E-state index is 12.7. The summed E-state index contributed by atoms with van der Waals surface area (Å²) in [7, 11) is -16.4. The molecule has 3 rings (SSSR count). The molecule has 2 aromatic heterocycles. The van der Waals surface area contributed by atoms with Gasteiger partial charge < -0.3 is 50.9 Å². The minimum Gasteiger partial charge on any atom is -0.386 e. The largest absolute Gasteiger partial charge is 0.481 e. The molecule has 3 heterocycles. The molecule has 28 heteroatoms. The Bertz CT molecular complexity index is 2050. The number of imidazole rings is 1. The van der Waals surface area contributed by atoms with Crippen molar-refractivity contribution in [3.8, 4) is 0 Å². The zero-order chi connectivity index (χ0) is 48.3. The molecule has 2 aromatic rings. The number of nitrogen functional groups attached to an aromatic ring is 1. The number of rotatable bonds is 31. The molecule has 0 aromatic carbocycles. The number of allylic oxidation sites excluding steroid dienone is 4. The van der Waals surface area contributed by atoms with Gasteiger partial charge in [0.15, 0.2) is 22.8 Å². The topological polar surface area (TPSA) is 364 Å². The Morgan fingerprint density at radius 3 is 2.29 bits per heavy atom. The molecule has 0 radical (unpaired) electrons. The number of nitrogens with two attached hydrogens (primary N) is 1. The summed E-state index contributed by atoms with van der Waals surface area (Å²) in [6, 6.07) is 0. The summed E-state index contributed by atoms with van der Waals surface area (Å²) >= 11 is 1.14. The molecule has 0 spiro atoms. The molecule has 3 unspecified atom stereocenters. The number of phosphoric ester groups is 3. The quantitative estimate of drug-likeness (QED) is 0.0295. The standard InChI is InChI=1S/C37H62N7O17P3S/c1-4-5-6-7-8-9-10-11-12-13-14-15-16-17-28(46)65-21-20-39-27(45)18-19-40-35(49)32(48)37(2,3)23-58-64(55,56)61-63(53,54)57-22-26-31(60-62(50,51)52)30(47)36(59-26)44-25-43-29-33(38)41-24-42-34(29)44/h7-10,24-26,30-32,36,47-48H,4-6,11-23H2,1-3H3,(H,39,45)(H,40,49)(H,53,54)(H,55,56)(H2,38,41,42)(H2,50,51,52)/t26-,30-,31-,32?,36-/m1/s1. The van der Waals surface area contributed by atoms with Crippen LogP contribution < -0.4 is 16.4 Å². The molecule has 1 saturated heterocycles. The zero-order valence-corrected chi connectivity index (χ0v) is 40.0. The fraction of sp³-hybridized carbons (Fsp3) is 0.676. The number of nitrogens with zero attached hydrogens (tertiary/aromatic N) is 4. The van der Waals surface area contributed by atoms with Gasteiger partial charge in [-0.2, -0.15) is 4.31 Å². The van der Waals surface area contributed by atoms with Crippen molar-refractivity contribution in [2.75, 3.05) is 37.8 Å². The molecular weight excluding hydrogens is 939 g/mol. The maximum Gasteiger partial charge on any atom is 0.481 e. The third-order valence-corrected chi connectivity index (χ3v) is 13.7. The lowest BCUT2D eigenvalue weighted by molar-refractivity contribution is -0.137. The Labute approximate surface area is 381 Å². The number of nitrogens with one attached hydrogen (secondary N) is 2. The molecule has 1 fully saturated rings. The molecule has 368 valence electrons. The second-order valence-electron chi connectivity index (χ2n) is 15.6. The van der Waals surface area contributed by atoms with E-state index in [-0.39, 0.29) is 41.6 Å². The van der Waals surface area contributed by atoms with Crippen LogP contribution in [-0.2, 0) is 50.7 Å². The van der Waals surface area contributed by atoms with Gasteiger partial charge in [0.1, 0.15) is 36.3 Å². The molecule has 10 N–H and O–H groups in total. The van der Waals surface area contributed by atoms with Crippen LogP contribution in [0.15, 0.2) is 37.0 Å². The van der Waals surface area contributed by atoms with Crippen molar-refractivity contribution in [3.63, 3.8) is 0 Å². The van der Waals surface area contributed by atoms with E-state index in [0.717, 1.165) is 73.9 Å². The van der Waals surface area contributed by atoms with Crippen LogP contribution in [0.2, 0.25) is 0 Å². The van der Waals surface area contributed by atoms with Crippen LogP contribution in [-0.4, -0.2) is 123 Å². The van der Waals surface area contributed by atoms with Crippen LogP contribution in [0.5, 0.6) is 0 Å². The predicted molar refractivity (Wildman–Crippen MR) is 237 cm³/mol. The number of unbranched alkanes of at least 4 members (excludes halogenated alkanes) is 7. The minimum atomic E-state index is -5.58. The van der Waals surface area contributed by atoms with Crippen LogP contribution in [0, 0.1) is 5.41 Å². The van der Waals surface area contributed by atoms with Gasteiger partial charge in [0.05, 0.1) is 19.5 Å². The van der Waals surface area contributed by atoms with Crippen LogP contribution in [0.1, 0.15) is 97.6 Å². The Balaban J connectivity index is 1.34. The molecule has 2 amide bonds. The number of amides is 2. The number of aliphatic hydroxyl groups excluding tert-OH is 2. The van der Waals surface area contributed by atoms with Crippen molar-refractivity contribution in [1.29, 1.82) is 0 Å². The van der Waals surface area contributed by atoms with Crippen molar-refractivity contribution in [2.45, 2.75) is 122 Å². The predicted octanol–water partition coefficient (Wildman–Crippen LogP) is 3.70. The number of aliphatic hydroxyl groups is 2.